The zero-order chi connectivity index (χ0) is 14.3. The largest absolute Gasteiger partial charge is 0.492 e. The third kappa shape index (κ3) is 4.50. The second-order valence-electron chi connectivity index (χ2n) is 5.62. The Labute approximate surface area is 117 Å². The van der Waals surface area contributed by atoms with Gasteiger partial charge >= 0.3 is 0 Å². The van der Waals surface area contributed by atoms with Crippen molar-refractivity contribution in [1.29, 1.82) is 0 Å². The molecule has 3 nitrogen and oxygen atoms in total. The Balaban J connectivity index is 2.99. The van der Waals surface area contributed by atoms with Crippen LogP contribution in [0.15, 0.2) is 18.5 Å². The molecule has 0 aliphatic heterocycles. The fourth-order valence-electron chi connectivity index (χ4n) is 2.18. The Morgan fingerprint density at radius 2 is 2.00 bits per heavy atom. The number of rotatable bonds is 8. The lowest BCUT2D eigenvalue weighted by molar-refractivity contribution is 0.233. The zero-order valence-corrected chi connectivity index (χ0v) is 13.0. The average Bonchev–Trinajstić information content (AvgIpc) is 2.40. The first kappa shape index (κ1) is 16.0. The third-order valence-corrected chi connectivity index (χ3v) is 3.67. The van der Waals surface area contributed by atoms with Crippen molar-refractivity contribution < 1.29 is 4.74 Å². The maximum absolute atomic E-state index is 5.56. The summed E-state index contributed by atoms with van der Waals surface area (Å²) in [5, 5.41) is 3.65. The van der Waals surface area contributed by atoms with E-state index in [1.165, 1.54) is 5.56 Å². The molecule has 0 bridgehead atoms. The molecule has 0 aliphatic carbocycles. The summed E-state index contributed by atoms with van der Waals surface area (Å²) in [5.41, 5.74) is 1.41. The molecule has 3 heteroatoms. The van der Waals surface area contributed by atoms with E-state index in [-0.39, 0.29) is 5.41 Å². The molecule has 0 amide bonds. The van der Waals surface area contributed by atoms with Crippen molar-refractivity contribution in [1.82, 2.24) is 10.3 Å². The number of ether oxygens (including phenoxy) is 1. The molecule has 108 valence electrons. The van der Waals surface area contributed by atoms with Crippen LogP contribution < -0.4 is 10.1 Å². The molecule has 0 fully saturated rings. The predicted octanol–water partition coefficient (Wildman–Crippen LogP) is 3.96. The lowest BCUT2D eigenvalue weighted by atomic mass is 9.78. The molecule has 0 saturated heterocycles. The number of aromatic nitrogens is 1. The fraction of sp³-hybridized carbons (Fsp3) is 0.688. The summed E-state index contributed by atoms with van der Waals surface area (Å²) in [5.74, 6) is 0.857. The van der Waals surface area contributed by atoms with Crippen molar-refractivity contribution in [3.05, 3.63) is 24.0 Å². The highest BCUT2D eigenvalue weighted by atomic mass is 16.5. The number of hydrogen-bond donors (Lipinski definition) is 1. The van der Waals surface area contributed by atoms with Gasteiger partial charge in [-0.15, -0.1) is 0 Å². The first-order chi connectivity index (χ1) is 9.05. The van der Waals surface area contributed by atoms with Crippen molar-refractivity contribution >= 4 is 0 Å². The topological polar surface area (TPSA) is 34.2 Å². The minimum atomic E-state index is 0.196. The van der Waals surface area contributed by atoms with Gasteiger partial charge in [-0.2, -0.15) is 0 Å². The molecule has 1 aromatic heterocycles. The number of nitrogens with one attached hydrogen (secondary N) is 1. The van der Waals surface area contributed by atoms with Gasteiger partial charge in [0.2, 0.25) is 0 Å². The Bertz CT molecular complexity index is 377. The summed E-state index contributed by atoms with van der Waals surface area (Å²) in [6, 6.07) is 2.42. The van der Waals surface area contributed by atoms with Gasteiger partial charge in [0, 0.05) is 12.2 Å². The van der Waals surface area contributed by atoms with E-state index in [4.69, 9.17) is 4.74 Å². The summed E-state index contributed by atoms with van der Waals surface area (Å²) in [6.07, 6.45) is 5.98. The first-order valence-electron chi connectivity index (χ1n) is 7.36. The van der Waals surface area contributed by atoms with Crippen LogP contribution in [0.2, 0.25) is 0 Å². The van der Waals surface area contributed by atoms with Gasteiger partial charge in [-0.25, -0.2) is 0 Å². The number of pyridine rings is 1. The summed E-state index contributed by atoms with van der Waals surface area (Å²) in [4.78, 5) is 4.32. The highest BCUT2D eigenvalue weighted by molar-refractivity contribution is 5.27. The maximum Gasteiger partial charge on any atom is 0.137 e. The van der Waals surface area contributed by atoms with Gasteiger partial charge < -0.3 is 10.1 Å². The fourth-order valence-corrected chi connectivity index (χ4v) is 2.18. The van der Waals surface area contributed by atoms with E-state index in [2.05, 4.69) is 44.1 Å². The lowest BCUT2D eigenvalue weighted by Crippen LogP contribution is -2.34. The van der Waals surface area contributed by atoms with Crippen LogP contribution in [0.1, 0.15) is 59.1 Å². The summed E-state index contributed by atoms with van der Waals surface area (Å²) in [6.45, 7) is 12.7. The molecule has 0 saturated carbocycles. The molecule has 1 atom stereocenters. The van der Waals surface area contributed by atoms with Crippen molar-refractivity contribution in [3.63, 3.8) is 0 Å². The molecule has 0 aliphatic rings. The Morgan fingerprint density at radius 3 is 2.58 bits per heavy atom. The first-order valence-corrected chi connectivity index (χ1v) is 7.36. The van der Waals surface area contributed by atoms with Crippen LogP contribution in [0, 0.1) is 5.41 Å². The van der Waals surface area contributed by atoms with Gasteiger partial charge in [-0.05, 0) is 43.4 Å². The maximum atomic E-state index is 5.56. The highest BCUT2D eigenvalue weighted by Crippen LogP contribution is 2.36. The zero-order valence-electron chi connectivity index (χ0n) is 13.0. The van der Waals surface area contributed by atoms with Crippen LogP contribution in [-0.2, 0) is 0 Å². The van der Waals surface area contributed by atoms with Crippen molar-refractivity contribution in [3.8, 4) is 5.75 Å². The van der Waals surface area contributed by atoms with Gasteiger partial charge in [-0.1, -0.05) is 27.7 Å². The van der Waals surface area contributed by atoms with Gasteiger partial charge in [-0.3, -0.25) is 4.98 Å². The van der Waals surface area contributed by atoms with Crippen LogP contribution in [-0.4, -0.2) is 18.1 Å². The van der Waals surface area contributed by atoms with Crippen LogP contribution in [0.25, 0.3) is 0 Å². The smallest absolute Gasteiger partial charge is 0.137 e. The van der Waals surface area contributed by atoms with E-state index in [9.17, 15) is 0 Å². The molecular weight excluding hydrogens is 236 g/mol. The molecule has 1 rings (SSSR count). The van der Waals surface area contributed by atoms with E-state index >= 15 is 0 Å². The summed E-state index contributed by atoms with van der Waals surface area (Å²) in [7, 11) is 0. The molecule has 0 radical (unpaired) electrons. The third-order valence-electron chi connectivity index (χ3n) is 3.67. The van der Waals surface area contributed by atoms with Gasteiger partial charge in [0.05, 0.1) is 12.8 Å². The standard InChI is InChI=1S/C16H28N2O/c1-6-9-18-15(16(4,5)7-2)13-10-14(19-8-3)12-17-11-13/h10-12,15,18H,6-9H2,1-5H3. The van der Waals surface area contributed by atoms with E-state index in [1.807, 2.05) is 13.1 Å². The van der Waals surface area contributed by atoms with Gasteiger partial charge in [0.25, 0.3) is 0 Å². The van der Waals surface area contributed by atoms with E-state index in [0.717, 1.165) is 25.1 Å². The molecule has 1 unspecified atom stereocenters. The Kier molecular flexibility index (Phi) is 6.29. The summed E-state index contributed by atoms with van der Waals surface area (Å²) < 4.78 is 5.56. The van der Waals surface area contributed by atoms with Crippen molar-refractivity contribution in [2.45, 2.75) is 53.5 Å². The number of hydrogen-bond acceptors (Lipinski definition) is 3. The van der Waals surface area contributed by atoms with Crippen molar-refractivity contribution in [2.75, 3.05) is 13.2 Å². The van der Waals surface area contributed by atoms with Crippen LogP contribution >= 0.6 is 0 Å². The Morgan fingerprint density at radius 1 is 1.26 bits per heavy atom. The molecule has 1 N–H and O–H groups in total. The van der Waals surface area contributed by atoms with Crippen molar-refractivity contribution in [2.24, 2.45) is 5.41 Å². The average molecular weight is 264 g/mol. The highest BCUT2D eigenvalue weighted by Gasteiger charge is 2.29. The molecule has 19 heavy (non-hydrogen) atoms. The molecule has 0 aromatic carbocycles. The van der Waals surface area contributed by atoms with E-state index in [1.54, 1.807) is 6.20 Å². The molecule has 1 aromatic rings. The van der Waals surface area contributed by atoms with Crippen LogP contribution in [0.3, 0.4) is 0 Å². The second kappa shape index (κ2) is 7.49. The molecule has 1 heterocycles. The van der Waals surface area contributed by atoms with Gasteiger partial charge in [0.15, 0.2) is 0 Å². The van der Waals surface area contributed by atoms with Gasteiger partial charge in [0.1, 0.15) is 5.75 Å². The monoisotopic (exact) mass is 264 g/mol. The predicted molar refractivity (Wildman–Crippen MR) is 80.5 cm³/mol. The lowest BCUT2D eigenvalue weighted by Gasteiger charge is -2.34. The van der Waals surface area contributed by atoms with Crippen LogP contribution in [0.5, 0.6) is 5.75 Å². The van der Waals surface area contributed by atoms with Crippen LogP contribution in [0.4, 0.5) is 0 Å². The van der Waals surface area contributed by atoms with E-state index in [0.29, 0.717) is 12.6 Å². The second-order valence-corrected chi connectivity index (χ2v) is 5.62. The number of nitrogens with zero attached hydrogens (tertiary/aromatic N) is 1. The minimum absolute atomic E-state index is 0.196. The molecule has 0 spiro atoms. The molecular formula is C16H28N2O. The quantitative estimate of drug-likeness (QED) is 0.771. The minimum Gasteiger partial charge on any atom is -0.492 e. The normalized spacial score (nSPS) is 13.3. The SMILES string of the molecule is CCCNC(c1cncc(OCC)c1)C(C)(C)CC. The van der Waals surface area contributed by atoms with E-state index < -0.39 is 0 Å². The summed E-state index contributed by atoms with van der Waals surface area (Å²) >= 11 is 0. The Hall–Kier alpha value is -1.09.